The molecule has 1 aromatic carbocycles. The third-order valence-electron chi connectivity index (χ3n) is 3.17. The molecule has 0 atom stereocenters. The van der Waals surface area contributed by atoms with E-state index in [9.17, 15) is 0 Å². The van der Waals surface area contributed by atoms with Crippen LogP contribution in [-0.2, 0) is 13.6 Å². The van der Waals surface area contributed by atoms with E-state index in [1.165, 1.54) is 0 Å². The van der Waals surface area contributed by atoms with Gasteiger partial charge in [-0.2, -0.15) is 5.10 Å². The molecule has 0 saturated heterocycles. The number of hydrogen-bond acceptors (Lipinski definition) is 4. The summed E-state index contributed by atoms with van der Waals surface area (Å²) in [5.41, 5.74) is 8.64. The van der Waals surface area contributed by atoms with Crippen molar-refractivity contribution in [1.82, 2.24) is 9.78 Å². The third-order valence-corrected chi connectivity index (χ3v) is 3.17. The lowest BCUT2D eigenvalue weighted by molar-refractivity contribution is 0.355. The first-order valence-electron chi connectivity index (χ1n) is 6.82. The molecule has 0 unspecified atom stereocenters. The van der Waals surface area contributed by atoms with Crippen LogP contribution in [0.1, 0.15) is 11.4 Å². The Kier molecular flexibility index (Phi) is 7.14. The van der Waals surface area contributed by atoms with Crippen LogP contribution < -0.4 is 20.5 Å². The quantitative estimate of drug-likeness (QED) is 0.431. The first-order chi connectivity index (χ1) is 10.5. The summed E-state index contributed by atoms with van der Waals surface area (Å²) in [6.07, 6.45) is 0. The number of halogens is 1. The zero-order valence-corrected chi connectivity index (χ0v) is 16.0. The molecule has 2 rings (SSSR count). The first kappa shape index (κ1) is 19.1. The van der Waals surface area contributed by atoms with E-state index in [4.69, 9.17) is 15.2 Å². The predicted octanol–water partition coefficient (Wildman–Crippen LogP) is 2.29. The maximum absolute atomic E-state index is 5.91. The molecule has 126 valence electrons. The van der Waals surface area contributed by atoms with Gasteiger partial charge in [0.15, 0.2) is 17.5 Å². The highest BCUT2D eigenvalue weighted by Crippen LogP contribution is 2.29. The standard InChI is InChI=1S/C15H21N5O2.HI/c1-10-7-12(20(2)19-10)9-17-15(16)18-11-5-6-13(21-3)14(8-11)22-4;/h5-8H,9H2,1-4H3,(H3,16,17,18);1H. The summed E-state index contributed by atoms with van der Waals surface area (Å²) in [7, 11) is 5.07. The maximum Gasteiger partial charge on any atom is 0.193 e. The van der Waals surface area contributed by atoms with E-state index >= 15 is 0 Å². The second-order valence-electron chi connectivity index (χ2n) is 4.80. The second-order valence-corrected chi connectivity index (χ2v) is 4.80. The molecule has 0 aliphatic carbocycles. The second kappa shape index (κ2) is 8.61. The van der Waals surface area contributed by atoms with Crippen molar-refractivity contribution in [1.29, 1.82) is 0 Å². The molecule has 0 spiro atoms. The highest BCUT2D eigenvalue weighted by molar-refractivity contribution is 14.0. The van der Waals surface area contributed by atoms with Gasteiger partial charge >= 0.3 is 0 Å². The largest absolute Gasteiger partial charge is 0.493 e. The maximum atomic E-state index is 5.91. The van der Waals surface area contributed by atoms with Gasteiger partial charge in [0, 0.05) is 18.8 Å². The molecule has 0 aliphatic rings. The van der Waals surface area contributed by atoms with E-state index in [-0.39, 0.29) is 24.0 Å². The van der Waals surface area contributed by atoms with Crippen LogP contribution in [0.2, 0.25) is 0 Å². The molecule has 0 bridgehead atoms. The lowest BCUT2D eigenvalue weighted by atomic mass is 10.3. The highest BCUT2D eigenvalue weighted by Gasteiger charge is 2.05. The third kappa shape index (κ3) is 5.02. The Hall–Kier alpha value is -1.97. The molecular formula is C15H22IN5O2. The Morgan fingerprint density at radius 2 is 1.96 bits per heavy atom. The number of rotatable bonds is 5. The minimum atomic E-state index is 0. The average molecular weight is 431 g/mol. The van der Waals surface area contributed by atoms with Crippen molar-refractivity contribution in [3.05, 3.63) is 35.7 Å². The summed E-state index contributed by atoms with van der Waals surface area (Å²) >= 11 is 0. The van der Waals surface area contributed by atoms with E-state index in [2.05, 4.69) is 15.4 Å². The van der Waals surface area contributed by atoms with Gasteiger partial charge in [0.25, 0.3) is 0 Å². The van der Waals surface area contributed by atoms with Crippen LogP contribution in [-0.4, -0.2) is 30.0 Å². The number of nitrogens with one attached hydrogen (secondary N) is 1. The van der Waals surface area contributed by atoms with E-state index in [1.807, 2.05) is 26.1 Å². The molecule has 0 fully saturated rings. The number of methoxy groups -OCH3 is 2. The normalized spacial score (nSPS) is 10.9. The summed E-state index contributed by atoms with van der Waals surface area (Å²) in [6.45, 7) is 2.40. The van der Waals surface area contributed by atoms with Crippen LogP contribution >= 0.6 is 24.0 Å². The molecule has 0 amide bonds. The Balaban J connectivity index is 0.00000264. The van der Waals surface area contributed by atoms with Gasteiger partial charge < -0.3 is 20.5 Å². The van der Waals surface area contributed by atoms with Crippen molar-refractivity contribution in [2.75, 3.05) is 19.5 Å². The fraction of sp³-hybridized carbons (Fsp3) is 0.333. The minimum Gasteiger partial charge on any atom is -0.493 e. The van der Waals surface area contributed by atoms with Gasteiger partial charge in [-0.3, -0.25) is 4.68 Å². The molecule has 1 aromatic heterocycles. The van der Waals surface area contributed by atoms with Crippen LogP contribution in [0.15, 0.2) is 29.3 Å². The van der Waals surface area contributed by atoms with Crippen LogP contribution in [0.5, 0.6) is 11.5 Å². The SMILES string of the molecule is COc1ccc(NC(N)=NCc2cc(C)nn2C)cc1OC.I. The number of aromatic nitrogens is 2. The number of hydrogen-bond donors (Lipinski definition) is 2. The summed E-state index contributed by atoms with van der Waals surface area (Å²) in [4.78, 5) is 4.31. The van der Waals surface area contributed by atoms with Gasteiger partial charge in [-0.15, -0.1) is 24.0 Å². The number of aliphatic imine (C=N–C) groups is 1. The van der Waals surface area contributed by atoms with Crippen molar-refractivity contribution in [2.24, 2.45) is 17.8 Å². The number of guanidine groups is 1. The van der Waals surface area contributed by atoms with Crippen molar-refractivity contribution in [2.45, 2.75) is 13.5 Å². The molecule has 1 heterocycles. The van der Waals surface area contributed by atoms with Gasteiger partial charge in [0.1, 0.15) is 0 Å². The zero-order chi connectivity index (χ0) is 16.1. The Morgan fingerprint density at radius 1 is 1.26 bits per heavy atom. The van der Waals surface area contributed by atoms with Crippen molar-refractivity contribution in [3.63, 3.8) is 0 Å². The molecule has 0 radical (unpaired) electrons. The predicted molar refractivity (Wildman–Crippen MR) is 102 cm³/mol. The molecule has 23 heavy (non-hydrogen) atoms. The number of nitrogens with zero attached hydrogens (tertiary/aromatic N) is 3. The zero-order valence-electron chi connectivity index (χ0n) is 13.7. The number of ether oxygens (including phenoxy) is 2. The fourth-order valence-electron chi connectivity index (χ4n) is 2.08. The Labute approximate surface area is 152 Å². The van der Waals surface area contributed by atoms with Gasteiger partial charge in [0.05, 0.1) is 32.2 Å². The number of aryl methyl sites for hydroxylation is 2. The monoisotopic (exact) mass is 431 g/mol. The molecule has 0 saturated carbocycles. The number of anilines is 1. The van der Waals surface area contributed by atoms with Crippen LogP contribution in [0.4, 0.5) is 5.69 Å². The average Bonchev–Trinajstić information content (AvgIpc) is 2.82. The lowest BCUT2D eigenvalue weighted by Gasteiger charge is -2.10. The first-order valence-corrected chi connectivity index (χ1v) is 6.82. The van der Waals surface area contributed by atoms with Gasteiger partial charge in [-0.1, -0.05) is 0 Å². The van der Waals surface area contributed by atoms with Crippen LogP contribution in [0.3, 0.4) is 0 Å². The smallest absolute Gasteiger partial charge is 0.193 e. The van der Waals surface area contributed by atoms with Crippen molar-refractivity contribution < 1.29 is 9.47 Å². The summed E-state index contributed by atoms with van der Waals surface area (Å²) in [6, 6.07) is 7.43. The van der Waals surface area contributed by atoms with E-state index in [1.54, 1.807) is 31.0 Å². The van der Waals surface area contributed by atoms with Gasteiger partial charge in [-0.05, 0) is 25.1 Å². The molecule has 7 nitrogen and oxygen atoms in total. The topological polar surface area (TPSA) is 86.7 Å². The molecular weight excluding hydrogens is 409 g/mol. The Morgan fingerprint density at radius 3 is 2.52 bits per heavy atom. The highest BCUT2D eigenvalue weighted by atomic mass is 127. The van der Waals surface area contributed by atoms with Crippen molar-refractivity contribution >= 4 is 35.6 Å². The van der Waals surface area contributed by atoms with Gasteiger partial charge in [0.2, 0.25) is 0 Å². The molecule has 0 aliphatic heterocycles. The number of benzene rings is 1. The van der Waals surface area contributed by atoms with E-state index < -0.39 is 0 Å². The molecule has 8 heteroatoms. The minimum absolute atomic E-state index is 0. The van der Waals surface area contributed by atoms with Crippen LogP contribution in [0.25, 0.3) is 0 Å². The van der Waals surface area contributed by atoms with Crippen molar-refractivity contribution in [3.8, 4) is 11.5 Å². The fourth-order valence-corrected chi connectivity index (χ4v) is 2.08. The lowest BCUT2D eigenvalue weighted by Crippen LogP contribution is -2.22. The molecule has 3 N–H and O–H groups in total. The molecule has 2 aromatic rings. The summed E-state index contributed by atoms with van der Waals surface area (Å²) in [5, 5.41) is 7.30. The Bertz CT molecular complexity index is 685. The number of nitrogens with two attached hydrogens (primary N) is 1. The van der Waals surface area contributed by atoms with E-state index in [0.29, 0.717) is 24.0 Å². The van der Waals surface area contributed by atoms with Gasteiger partial charge in [-0.25, -0.2) is 4.99 Å². The van der Waals surface area contributed by atoms with E-state index in [0.717, 1.165) is 17.1 Å². The summed E-state index contributed by atoms with van der Waals surface area (Å²) in [5.74, 6) is 1.61. The van der Waals surface area contributed by atoms with Crippen LogP contribution in [0, 0.1) is 6.92 Å². The summed E-state index contributed by atoms with van der Waals surface area (Å²) < 4.78 is 12.2.